The van der Waals surface area contributed by atoms with E-state index in [1.54, 1.807) is 31.4 Å². The lowest BCUT2D eigenvalue weighted by atomic mass is 9.85. The Morgan fingerprint density at radius 1 is 1.13 bits per heavy atom. The highest BCUT2D eigenvalue weighted by Gasteiger charge is 2.33. The fraction of sp³-hybridized carbons (Fsp3) is 0.417. The molecule has 2 aromatic carbocycles. The summed E-state index contributed by atoms with van der Waals surface area (Å²) >= 11 is 5.92. The van der Waals surface area contributed by atoms with Gasteiger partial charge in [-0.15, -0.1) is 0 Å². The van der Waals surface area contributed by atoms with Gasteiger partial charge in [-0.3, -0.25) is 4.79 Å². The number of halogens is 1. The molecule has 3 amide bonds. The van der Waals surface area contributed by atoms with Crippen LogP contribution in [0.25, 0.3) is 0 Å². The number of likely N-dealkylation sites (tertiary alicyclic amines) is 1. The van der Waals surface area contributed by atoms with Gasteiger partial charge >= 0.3 is 6.03 Å². The number of hydrogen-bond acceptors (Lipinski definition) is 3. The van der Waals surface area contributed by atoms with Crippen molar-refractivity contribution >= 4 is 29.2 Å². The van der Waals surface area contributed by atoms with E-state index in [9.17, 15) is 9.59 Å². The van der Waals surface area contributed by atoms with Crippen molar-refractivity contribution in [1.82, 2.24) is 10.2 Å². The number of piperidine rings is 1. The van der Waals surface area contributed by atoms with Gasteiger partial charge in [0.15, 0.2) is 0 Å². The Morgan fingerprint density at radius 2 is 1.81 bits per heavy atom. The molecule has 1 heterocycles. The molecule has 3 rings (SSSR count). The smallest absolute Gasteiger partial charge is 0.319 e. The van der Waals surface area contributed by atoms with Crippen LogP contribution < -0.4 is 15.4 Å². The average Bonchev–Trinajstić information content (AvgIpc) is 2.75. The highest BCUT2D eigenvalue weighted by atomic mass is 35.5. The summed E-state index contributed by atoms with van der Waals surface area (Å²) in [7, 11) is 1.64. The van der Waals surface area contributed by atoms with E-state index in [1.165, 1.54) is 0 Å². The summed E-state index contributed by atoms with van der Waals surface area (Å²) in [5, 5.41) is 6.55. The Balaban J connectivity index is 1.74. The van der Waals surface area contributed by atoms with E-state index < -0.39 is 0 Å². The Hall–Kier alpha value is -2.73. The molecule has 2 atom stereocenters. The molecule has 7 heteroatoms. The van der Waals surface area contributed by atoms with Crippen molar-refractivity contribution in [3.8, 4) is 5.75 Å². The lowest BCUT2D eigenvalue weighted by Crippen LogP contribution is -2.54. The molecular formula is C24H30ClN3O3. The van der Waals surface area contributed by atoms with Crippen molar-refractivity contribution in [2.45, 2.75) is 38.6 Å². The molecule has 0 aromatic heterocycles. The van der Waals surface area contributed by atoms with Crippen molar-refractivity contribution in [3.63, 3.8) is 0 Å². The van der Waals surface area contributed by atoms with Crippen LogP contribution in [-0.2, 0) is 4.79 Å². The second-order valence-corrected chi connectivity index (χ2v) is 8.75. The Bertz CT molecular complexity index is 884. The molecule has 1 aliphatic heterocycles. The van der Waals surface area contributed by atoms with Crippen molar-refractivity contribution in [2.24, 2.45) is 5.92 Å². The van der Waals surface area contributed by atoms with E-state index in [0.717, 1.165) is 17.7 Å². The third-order valence-corrected chi connectivity index (χ3v) is 5.76. The Labute approximate surface area is 188 Å². The fourth-order valence-electron chi connectivity index (χ4n) is 3.92. The molecule has 1 saturated heterocycles. The van der Waals surface area contributed by atoms with Gasteiger partial charge in [0.1, 0.15) is 5.75 Å². The lowest BCUT2D eigenvalue weighted by Gasteiger charge is -2.39. The number of nitrogens with one attached hydrogen (secondary N) is 2. The SMILES string of the molecule is COc1ccc(C2CCN(C(=O)CC(C)C)C[C@H]2NC(=O)Nc2ccc(Cl)cc2)cc1. The molecule has 31 heavy (non-hydrogen) atoms. The van der Waals surface area contributed by atoms with Crippen LogP contribution in [0, 0.1) is 5.92 Å². The number of benzene rings is 2. The molecule has 0 saturated carbocycles. The summed E-state index contributed by atoms with van der Waals surface area (Å²) in [5.74, 6) is 1.32. The van der Waals surface area contributed by atoms with Gasteiger partial charge in [-0.25, -0.2) is 4.79 Å². The number of urea groups is 1. The molecule has 0 spiro atoms. The van der Waals surface area contributed by atoms with E-state index >= 15 is 0 Å². The number of carbonyl (C=O) groups is 2. The second-order valence-electron chi connectivity index (χ2n) is 8.32. The number of ether oxygens (including phenoxy) is 1. The van der Waals surface area contributed by atoms with Crippen LogP contribution >= 0.6 is 11.6 Å². The first-order valence-corrected chi connectivity index (χ1v) is 11.0. The highest BCUT2D eigenvalue weighted by molar-refractivity contribution is 6.30. The monoisotopic (exact) mass is 443 g/mol. The predicted molar refractivity (Wildman–Crippen MR) is 124 cm³/mol. The number of amides is 3. The number of carbonyl (C=O) groups excluding carboxylic acids is 2. The molecular weight excluding hydrogens is 414 g/mol. The maximum Gasteiger partial charge on any atom is 0.319 e. The first-order valence-electron chi connectivity index (χ1n) is 10.6. The van der Waals surface area contributed by atoms with E-state index in [4.69, 9.17) is 16.3 Å². The van der Waals surface area contributed by atoms with Gasteiger partial charge in [0.25, 0.3) is 0 Å². The zero-order valence-electron chi connectivity index (χ0n) is 18.2. The minimum atomic E-state index is -0.302. The van der Waals surface area contributed by atoms with Gasteiger partial charge in [0.2, 0.25) is 5.91 Å². The Kier molecular flexibility index (Phi) is 7.80. The molecule has 0 aliphatic carbocycles. The maximum absolute atomic E-state index is 12.7. The molecule has 1 unspecified atom stereocenters. The van der Waals surface area contributed by atoms with Crippen molar-refractivity contribution in [1.29, 1.82) is 0 Å². The predicted octanol–water partition coefficient (Wildman–Crippen LogP) is 4.90. The van der Waals surface area contributed by atoms with Gasteiger partial charge in [0, 0.05) is 36.1 Å². The molecule has 2 N–H and O–H groups in total. The maximum atomic E-state index is 12.7. The zero-order chi connectivity index (χ0) is 22.4. The summed E-state index contributed by atoms with van der Waals surface area (Å²) in [6.07, 6.45) is 1.29. The topological polar surface area (TPSA) is 70.7 Å². The molecule has 0 radical (unpaired) electrons. The number of nitrogens with zero attached hydrogens (tertiary/aromatic N) is 1. The summed E-state index contributed by atoms with van der Waals surface area (Å²) in [5.41, 5.74) is 1.78. The third-order valence-electron chi connectivity index (χ3n) is 5.51. The van der Waals surface area contributed by atoms with Crippen LogP contribution in [0.4, 0.5) is 10.5 Å². The highest BCUT2D eigenvalue weighted by Crippen LogP contribution is 2.30. The number of rotatable bonds is 6. The van der Waals surface area contributed by atoms with Crippen LogP contribution in [0.3, 0.4) is 0 Å². The third kappa shape index (κ3) is 6.37. The lowest BCUT2D eigenvalue weighted by molar-refractivity contribution is -0.133. The molecule has 166 valence electrons. The van der Waals surface area contributed by atoms with Crippen molar-refractivity contribution in [3.05, 3.63) is 59.1 Å². The summed E-state index contributed by atoms with van der Waals surface area (Å²) in [6, 6.07) is 14.4. The first-order chi connectivity index (χ1) is 14.9. The molecule has 1 fully saturated rings. The summed E-state index contributed by atoms with van der Waals surface area (Å²) in [6.45, 7) is 5.24. The first kappa shape index (κ1) is 22.9. The van der Waals surface area contributed by atoms with Gasteiger partial charge in [-0.05, 0) is 54.3 Å². The van der Waals surface area contributed by atoms with Crippen molar-refractivity contribution < 1.29 is 14.3 Å². The second kappa shape index (κ2) is 10.5. The van der Waals surface area contributed by atoms with Crippen LogP contribution in [0.2, 0.25) is 5.02 Å². The van der Waals surface area contributed by atoms with Crippen molar-refractivity contribution in [2.75, 3.05) is 25.5 Å². The zero-order valence-corrected chi connectivity index (χ0v) is 19.0. The standard InChI is InChI=1S/C24H30ClN3O3/c1-16(2)14-23(29)28-13-12-21(17-4-10-20(31-3)11-5-17)22(15-28)27-24(30)26-19-8-6-18(25)7-9-19/h4-11,16,21-22H,12-15H2,1-3H3,(H2,26,27,30)/t21?,22-/m1/s1. The van der Waals surface area contributed by atoms with Gasteiger partial charge in [-0.2, -0.15) is 0 Å². The Morgan fingerprint density at radius 3 is 2.42 bits per heavy atom. The van der Waals surface area contributed by atoms with Crippen LogP contribution in [0.15, 0.2) is 48.5 Å². The van der Waals surface area contributed by atoms with Crippen LogP contribution in [0.5, 0.6) is 5.75 Å². The molecule has 2 aromatic rings. The molecule has 6 nitrogen and oxygen atoms in total. The molecule has 0 bridgehead atoms. The van der Waals surface area contributed by atoms with E-state index in [2.05, 4.69) is 10.6 Å². The minimum Gasteiger partial charge on any atom is -0.497 e. The fourth-order valence-corrected chi connectivity index (χ4v) is 4.05. The molecule has 1 aliphatic rings. The summed E-state index contributed by atoms with van der Waals surface area (Å²) in [4.78, 5) is 27.2. The summed E-state index contributed by atoms with van der Waals surface area (Å²) < 4.78 is 5.27. The largest absolute Gasteiger partial charge is 0.497 e. The van der Waals surface area contributed by atoms with E-state index in [1.807, 2.05) is 43.0 Å². The van der Waals surface area contributed by atoms with Crippen LogP contribution in [-0.4, -0.2) is 43.1 Å². The van der Waals surface area contributed by atoms with Gasteiger partial charge in [-0.1, -0.05) is 37.6 Å². The minimum absolute atomic E-state index is 0.102. The van der Waals surface area contributed by atoms with Gasteiger partial charge in [0.05, 0.1) is 13.2 Å². The van der Waals surface area contributed by atoms with Gasteiger partial charge < -0.3 is 20.3 Å². The van der Waals surface area contributed by atoms with E-state index in [-0.39, 0.29) is 23.9 Å². The number of anilines is 1. The normalized spacial score (nSPS) is 18.5. The van der Waals surface area contributed by atoms with Crippen LogP contribution in [0.1, 0.15) is 38.2 Å². The average molecular weight is 444 g/mol. The quantitative estimate of drug-likeness (QED) is 0.667. The van der Waals surface area contributed by atoms with E-state index in [0.29, 0.717) is 36.1 Å². The number of methoxy groups -OCH3 is 1. The number of hydrogen-bond donors (Lipinski definition) is 2.